The van der Waals surface area contributed by atoms with Crippen LogP contribution < -0.4 is 5.32 Å². The second kappa shape index (κ2) is 6.53. The number of carbonyl (C=O) groups is 1. The number of thioether (sulfide) groups is 1. The number of nitrogens with one attached hydrogen (secondary N) is 1. The zero-order chi connectivity index (χ0) is 15.5. The topological polar surface area (TPSA) is 42.0 Å². The van der Waals surface area contributed by atoms with Gasteiger partial charge in [-0.2, -0.15) is 0 Å². The van der Waals surface area contributed by atoms with Crippen LogP contribution in [0.1, 0.15) is 36.9 Å². The number of benzene rings is 1. The molecule has 1 aromatic carbocycles. The normalized spacial score (nSPS) is 18.0. The van der Waals surface area contributed by atoms with E-state index in [4.69, 9.17) is 0 Å². The molecule has 22 heavy (non-hydrogen) atoms. The van der Waals surface area contributed by atoms with Crippen molar-refractivity contribution in [1.29, 1.82) is 0 Å². The summed E-state index contributed by atoms with van der Waals surface area (Å²) < 4.78 is 0. The molecule has 0 radical (unpaired) electrons. The maximum Gasteiger partial charge on any atom is 0.228 e. The van der Waals surface area contributed by atoms with Crippen LogP contribution in [0.3, 0.4) is 0 Å². The number of pyridine rings is 1. The molecule has 0 fully saturated rings. The molecule has 114 valence electrons. The summed E-state index contributed by atoms with van der Waals surface area (Å²) >= 11 is 1.76. The van der Waals surface area contributed by atoms with Gasteiger partial charge < -0.3 is 5.32 Å². The molecule has 0 aliphatic carbocycles. The van der Waals surface area contributed by atoms with Crippen molar-refractivity contribution in [3.63, 3.8) is 0 Å². The van der Waals surface area contributed by atoms with Crippen LogP contribution in [-0.2, 0) is 4.79 Å². The fourth-order valence-corrected chi connectivity index (χ4v) is 4.07. The molecule has 1 N–H and O–H groups in total. The summed E-state index contributed by atoms with van der Waals surface area (Å²) in [5.41, 5.74) is 2.26. The third kappa shape index (κ3) is 3.02. The Labute approximate surface area is 135 Å². The molecule has 0 unspecified atom stereocenters. The van der Waals surface area contributed by atoms with E-state index in [1.54, 1.807) is 24.2 Å². The van der Waals surface area contributed by atoms with E-state index in [1.165, 1.54) is 4.90 Å². The van der Waals surface area contributed by atoms with E-state index in [0.717, 1.165) is 16.9 Å². The van der Waals surface area contributed by atoms with Gasteiger partial charge in [-0.25, -0.2) is 0 Å². The number of fused-ring (bicyclic) bond motifs is 1. The Morgan fingerprint density at radius 1 is 1.23 bits per heavy atom. The monoisotopic (exact) mass is 312 g/mol. The molecule has 0 spiro atoms. The highest BCUT2D eigenvalue weighted by molar-refractivity contribution is 7.99. The smallest absolute Gasteiger partial charge is 0.228 e. The predicted octanol–water partition coefficient (Wildman–Crippen LogP) is 3.78. The molecule has 3 rings (SSSR count). The van der Waals surface area contributed by atoms with E-state index in [1.807, 2.05) is 24.3 Å². The minimum absolute atomic E-state index is 0.0215. The Hall–Kier alpha value is -1.81. The summed E-state index contributed by atoms with van der Waals surface area (Å²) in [6.45, 7) is 4.26. The maximum absolute atomic E-state index is 12.8. The molecule has 1 aliphatic heterocycles. The largest absolute Gasteiger partial charge is 0.348 e. The van der Waals surface area contributed by atoms with Gasteiger partial charge in [-0.1, -0.05) is 32.0 Å². The van der Waals surface area contributed by atoms with Crippen molar-refractivity contribution in [2.45, 2.75) is 30.7 Å². The van der Waals surface area contributed by atoms with Crippen molar-refractivity contribution in [1.82, 2.24) is 10.3 Å². The third-order valence-corrected chi connectivity index (χ3v) is 5.23. The number of nitrogens with zero attached hydrogens (tertiary/aromatic N) is 1. The second-order valence-corrected chi connectivity index (χ2v) is 6.97. The Kier molecular flexibility index (Phi) is 4.48. The molecule has 2 atom stereocenters. The first-order valence-corrected chi connectivity index (χ1v) is 8.57. The Morgan fingerprint density at radius 2 is 1.95 bits per heavy atom. The van der Waals surface area contributed by atoms with Crippen LogP contribution >= 0.6 is 11.8 Å². The molecule has 3 nitrogen and oxygen atoms in total. The molecule has 4 heteroatoms. The summed E-state index contributed by atoms with van der Waals surface area (Å²) in [4.78, 5) is 18.0. The molecular weight excluding hydrogens is 292 g/mol. The van der Waals surface area contributed by atoms with Crippen molar-refractivity contribution >= 4 is 17.7 Å². The summed E-state index contributed by atoms with van der Waals surface area (Å²) in [6.07, 6.45) is 3.55. The van der Waals surface area contributed by atoms with Crippen LogP contribution in [0.2, 0.25) is 0 Å². The zero-order valence-electron chi connectivity index (χ0n) is 12.8. The lowest BCUT2D eigenvalue weighted by Crippen LogP contribution is -2.35. The highest BCUT2D eigenvalue weighted by Crippen LogP contribution is 2.39. The highest BCUT2D eigenvalue weighted by Gasteiger charge is 2.31. The fraction of sp³-hybridized carbons (Fsp3) is 0.333. The van der Waals surface area contributed by atoms with E-state index >= 15 is 0 Å². The SMILES string of the molecule is CC(C)[C@@H](NC(=O)[C@H]1CSc2ccccc21)c1ccncc1. The summed E-state index contributed by atoms with van der Waals surface area (Å²) in [7, 11) is 0. The number of hydrogen-bond acceptors (Lipinski definition) is 3. The van der Waals surface area contributed by atoms with Crippen molar-refractivity contribution in [3.05, 3.63) is 59.9 Å². The predicted molar refractivity (Wildman–Crippen MR) is 89.9 cm³/mol. The quantitative estimate of drug-likeness (QED) is 0.934. The van der Waals surface area contributed by atoms with Gasteiger partial charge >= 0.3 is 0 Å². The fourth-order valence-electron chi connectivity index (χ4n) is 2.84. The van der Waals surface area contributed by atoms with E-state index in [-0.39, 0.29) is 17.9 Å². The van der Waals surface area contributed by atoms with Gasteiger partial charge in [0.15, 0.2) is 0 Å². The van der Waals surface area contributed by atoms with Crippen LogP contribution in [-0.4, -0.2) is 16.6 Å². The standard InChI is InChI=1S/C18H20N2OS/c1-12(2)17(13-7-9-19-10-8-13)20-18(21)15-11-22-16-6-4-3-5-14(15)16/h3-10,12,15,17H,11H2,1-2H3,(H,20,21)/t15-,17+/m0/s1. The lowest BCUT2D eigenvalue weighted by Gasteiger charge is -2.24. The number of carbonyl (C=O) groups excluding carboxylic acids is 1. The van der Waals surface area contributed by atoms with Gasteiger partial charge in [-0.05, 0) is 35.2 Å². The van der Waals surface area contributed by atoms with Gasteiger partial charge in [-0.3, -0.25) is 9.78 Å². The number of amides is 1. The molecule has 0 saturated heterocycles. The Bertz CT molecular complexity index is 657. The molecule has 0 bridgehead atoms. The molecule has 1 amide bonds. The minimum Gasteiger partial charge on any atom is -0.348 e. The highest BCUT2D eigenvalue weighted by atomic mass is 32.2. The van der Waals surface area contributed by atoms with Crippen molar-refractivity contribution < 1.29 is 4.79 Å². The zero-order valence-corrected chi connectivity index (χ0v) is 13.6. The van der Waals surface area contributed by atoms with Gasteiger partial charge in [0.1, 0.15) is 0 Å². The minimum atomic E-state index is -0.0516. The summed E-state index contributed by atoms with van der Waals surface area (Å²) in [5, 5.41) is 3.24. The van der Waals surface area contributed by atoms with Gasteiger partial charge in [0.2, 0.25) is 5.91 Å². The number of hydrogen-bond donors (Lipinski definition) is 1. The Balaban J connectivity index is 1.78. The Morgan fingerprint density at radius 3 is 2.68 bits per heavy atom. The average molecular weight is 312 g/mol. The van der Waals surface area contributed by atoms with Crippen molar-refractivity contribution in [2.75, 3.05) is 5.75 Å². The summed E-state index contributed by atoms with van der Waals surface area (Å²) in [5.74, 6) is 1.22. The lowest BCUT2D eigenvalue weighted by atomic mass is 9.94. The molecule has 0 saturated carbocycles. The van der Waals surface area contributed by atoms with Gasteiger partial charge in [0, 0.05) is 23.0 Å². The van der Waals surface area contributed by atoms with Crippen LogP contribution in [0.4, 0.5) is 0 Å². The summed E-state index contributed by atoms with van der Waals surface area (Å²) in [6, 6.07) is 12.2. The van der Waals surface area contributed by atoms with Gasteiger partial charge in [-0.15, -0.1) is 11.8 Å². The van der Waals surface area contributed by atoms with Gasteiger partial charge in [0.25, 0.3) is 0 Å². The molecule has 2 heterocycles. The van der Waals surface area contributed by atoms with Crippen LogP contribution in [0.5, 0.6) is 0 Å². The lowest BCUT2D eigenvalue weighted by molar-refractivity contribution is -0.123. The first-order valence-electron chi connectivity index (χ1n) is 7.59. The van der Waals surface area contributed by atoms with Crippen molar-refractivity contribution in [2.24, 2.45) is 5.92 Å². The first kappa shape index (κ1) is 15.1. The molecule has 1 aliphatic rings. The number of aromatic nitrogens is 1. The van der Waals surface area contributed by atoms with Gasteiger partial charge in [0.05, 0.1) is 12.0 Å². The van der Waals surface area contributed by atoms with Crippen LogP contribution in [0.15, 0.2) is 53.7 Å². The van der Waals surface area contributed by atoms with Crippen LogP contribution in [0, 0.1) is 5.92 Å². The third-order valence-electron chi connectivity index (χ3n) is 4.05. The molecule has 2 aromatic rings. The second-order valence-electron chi connectivity index (χ2n) is 5.91. The maximum atomic E-state index is 12.8. The number of rotatable bonds is 4. The molecular formula is C18H20N2OS. The van der Waals surface area contributed by atoms with Crippen molar-refractivity contribution in [3.8, 4) is 0 Å². The van der Waals surface area contributed by atoms with E-state index < -0.39 is 0 Å². The van der Waals surface area contributed by atoms with E-state index in [2.05, 4.69) is 36.3 Å². The average Bonchev–Trinajstić information content (AvgIpc) is 2.97. The van der Waals surface area contributed by atoms with E-state index in [0.29, 0.717) is 5.92 Å². The molecule has 1 aromatic heterocycles. The van der Waals surface area contributed by atoms with Crippen LogP contribution in [0.25, 0.3) is 0 Å². The van der Waals surface area contributed by atoms with E-state index in [9.17, 15) is 4.79 Å². The first-order chi connectivity index (χ1) is 10.7.